The van der Waals surface area contributed by atoms with Gasteiger partial charge in [-0.2, -0.15) is 13.2 Å². The topological polar surface area (TPSA) is 56.2 Å². The van der Waals surface area contributed by atoms with Gasteiger partial charge in [-0.1, -0.05) is 35.5 Å². The van der Waals surface area contributed by atoms with Crippen LogP contribution in [0.25, 0.3) is 17.2 Å². The first-order valence-electron chi connectivity index (χ1n) is 7.65. The van der Waals surface area contributed by atoms with Crippen molar-refractivity contribution >= 4 is 29.0 Å². The minimum absolute atomic E-state index is 0.147. The van der Waals surface area contributed by atoms with E-state index in [2.05, 4.69) is 15.2 Å². The quantitative estimate of drug-likeness (QED) is 0.424. The second-order valence-corrected chi connectivity index (χ2v) is 6.94. The van der Waals surface area contributed by atoms with Crippen LogP contribution in [0.15, 0.2) is 58.4 Å². The normalized spacial score (nSPS) is 12.0. The molecular weight excluding hydrogens is 401 g/mol. The predicted octanol–water partition coefficient (Wildman–Crippen LogP) is 5.35. The number of nitrogens with zero attached hydrogens (tertiary/aromatic N) is 4. The molecule has 0 saturated heterocycles. The molecule has 0 aliphatic carbocycles. The predicted molar refractivity (Wildman–Crippen MR) is 94.5 cm³/mol. The average molecular weight is 411 g/mol. The number of imidazole rings is 1. The minimum atomic E-state index is -4.43. The summed E-state index contributed by atoms with van der Waals surface area (Å²) < 4.78 is 45.5. The van der Waals surface area contributed by atoms with Gasteiger partial charge in [-0.05, 0) is 29.8 Å². The molecule has 1 aromatic carbocycles. The summed E-state index contributed by atoms with van der Waals surface area (Å²) in [6, 6.07) is 9.33. The molecule has 0 atom stereocenters. The van der Waals surface area contributed by atoms with Crippen molar-refractivity contribution in [2.24, 2.45) is 0 Å². The van der Waals surface area contributed by atoms with Gasteiger partial charge in [-0.3, -0.25) is 4.40 Å². The van der Waals surface area contributed by atoms with Crippen LogP contribution in [0.4, 0.5) is 13.2 Å². The van der Waals surface area contributed by atoms with Crippen LogP contribution in [0.2, 0.25) is 5.02 Å². The zero-order valence-electron chi connectivity index (χ0n) is 13.4. The molecular formula is C17H10ClF3N4OS. The zero-order valence-corrected chi connectivity index (χ0v) is 15.0. The molecule has 27 heavy (non-hydrogen) atoms. The molecule has 138 valence electrons. The first-order chi connectivity index (χ1) is 12.9. The molecule has 5 nitrogen and oxygen atoms in total. The lowest BCUT2D eigenvalue weighted by Gasteiger charge is -2.06. The highest BCUT2D eigenvalue weighted by Crippen LogP contribution is 2.31. The largest absolute Gasteiger partial charge is 0.416 e. The Bertz CT molecular complexity index is 1090. The standard InChI is InChI=1S/C17H10ClF3N4OS/c18-12-3-1-10(2-4-12)9-27-16-24-23-15(26-16)13-8-22-14-7-11(17(19,20)21)5-6-25(13)14/h1-8H,9H2. The van der Waals surface area contributed by atoms with Gasteiger partial charge < -0.3 is 4.42 Å². The Kier molecular flexibility index (Phi) is 4.56. The molecule has 0 unspecified atom stereocenters. The summed E-state index contributed by atoms with van der Waals surface area (Å²) in [4.78, 5) is 4.00. The number of aromatic nitrogens is 4. The molecule has 3 aromatic heterocycles. The summed E-state index contributed by atoms with van der Waals surface area (Å²) in [6.07, 6.45) is -1.74. The number of hydrogen-bond donors (Lipinski definition) is 0. The van der Waals surface area contributed by atoms with Crippen molar-refractivity contribution in [3.05, 3.63) is 64.9 Å². The van der Waals surface area contributed by atoms with Crippen LogP contribution in [-0.2, 0) is 11.9 Å². The highest BCUT2D eigenvalue weighted by Gasteiger charge is 2.31. The lowest BCUT2D eigenvalue weighted by molar-refractivity contribution is -0.137. The van der Waals surface area contributed by atoms with Crippen molar-refractivity contribution < 1.29 is 17.6 Å². The van der Waals surface area contributed by atoms with E-state index in [9.17, 15) is 13.2 Å². The van der Waals surface area contributed by atoms with E-state index in [4.69, 9.17) is 16.0 Å². The molecule has 0 aliphatic rings. The van der Waals surface area contributed by atoms with E-state index in [1.807, 2.05) is 12.1 Å². The van der Waals surface area contributed by atoms with Gasteiger partial charge in [0.25, 0.3) is 11.1 Å². The van der Waals surface area contributed by atoms with Crippen LogP contribution < -0.4 is 0 Å². The van der Waals surface area contributed by atoms with Gasteiger partial charge in [0.15, 0.2) is 0 Å². The van der Waals surface area contributed by atoms with Crippen molar-refractivity contribution in [1.82, 2.24) is 19.6 Å². The molecule has 4 rings (SSSR count). The van der Waals surface area contributed by atoms with E-state index in [-0.39, 0.29) is 11.5 Å². The number of rotatable bonds is 4. The summed E-state index contributed by atoms with van der Waals surface area (Å²) in [7, 11) is 0. The molecule has 0 amide bonds. The lowest BCUT2D eigenvalue weighted by atomic mass is 10.2. The highest BCUT2D eigenvalue weighted by molar-refractivity contribution is 7.98. The Morgan fingerprint density at radius 3 is 2.63 bits per heavy atom. The number of benzene rings is 1. The van der Waals surface area contributed by atoms with Gasteiger partial charge in [0, 0.05) is 17.0 Å². The average Bonchev–Trinajstić information content (AvgIpc) is 3.26. The van der Waals surface area contributed by atoms with E-state index in [1.54, 1.807) is 12.1 Å². The first-order valence-corrected chi connectivity index (χ1v) is 9.02. The maximum absolute atomic E-state index is 12.8. The van der Waals surface area contributed by atoms with Crippen LogP contribution in [0, 0.1) is 0 Å². The third-order valence-electron chi connectivity index (χ3n) is 3.74. The Hall–Kier alpha value is -2.52. The third kappa shape index (κ3) is 3.79. The number of hydrogen-bond acceptors (Lipinski definition) is 5. The van der Waals surface area contributed by atoms with E-state index in [1.165, 1.54) is 28.6 Å². The van der Waals surface area contributed by atoms with Crippen LogP contribution in [0.1, 0.15) is 11.1 Å². The molecule has 0 radical (unpaired) electrons. The van der Waals surface area contributed by atoms with Crippen LogP contribution in [0.5, 0.6) is 0 Å². The SMILES string of the molecule is FC(F)(F)c1ccn2c(-c3nnc(SCc4ccc(Cl)cc4)o3)cnc2c1. The summed E-state index contributed by atoms with van der Waals surface area (Å²) in [5, 5.41) is 8.94. The number of fused-ring (bicyclic) bond motifs is 1. The van der Waals surface area contributed by atoms with Gasteiger partial charge in [-0.15, -0.1) is 10.2 Å². The second-order valence-electron chi connectivity index (χ2n) is 5.57. The Balaban J connectivity index is 1.55. The molecule has 0 aliphatic heterocycles. The number of pyridine rings is 1. The minimum Gasteiger partial charge on any atom is -0.410 e. The van der Waals surface area contributed by atoms with Crippen molar-refractivity contribution in [2.45, 2.75) is 17.2 Å². The molecule has 3 heterocycles. The van der Waals surface area contributed by atoms with E-state index >= 15 is 0 Å². The van der Waals surface area contributed by atoms with E-state index < -0.39 is 11.7 Å². The Morgan fingerprint density at radius 1 is 1.11 bits per heavy atom. The maximum Gasteiger partial charge on any atom is 0.416 e. The third-order valence-corrected chi connectivity index (χ3v) is 4.88. The highest BCUT2D eigenvalue weighted by atomic mass is 35.5. The van der Waals surface area contributed by atoms with E-state index in [0.717, 1.165) is 17.7 Å². The van der Waals surface area contributed by atoms with Gasteiger partial charge in [0.1, 0.15) is 11.3 Å². The molecule has 4 aromatic rings. The Morgan fingerprint density at radius 2 is 1.89 bits per heavy atom. The summed E-state index contributed by atoms with van der Waals surface area (Å²) in [5.74, 6) is 0.793. The lowest BCUT2D eigenvalue weighted by Crippen LogP contribution is -2.05. The molecule has 10 heteroatoms. The van der Waals surface area contributed by atoms with Gasteiger partial charge in [0.05, 0.1) is 11.8 Å². The van der Waals surface area contributed by atoms with Gasteiger partial charge in [-0.25, -0.2) is 4.98 Å². The summed E-state index contributed by atoms with van der Waals surface area (Å²) in [6.45, 7) is 0. The summed E-state index contributed by atoms with van der Waals surface area (Å²) >= 11 is 7.20. The Labute approximate surface area is 160 Å². The number of halogens is 4. The van der Waals surface area contributed by atoms with Gasteiger partial charge in [0.2, 0.25) is 0 Å². The van der Waals surface area contributed by atoms with Gasteiger partial charge >= 0.3 is 6.18 Å². The first kappa shape index (κ1) is 17.9. The molecule has 0 N–H and O–H groups in total. The molecule has 0 bridgehead atoms. The fourth-order valence-electron chi connectivity index (χ4n) is 2.41. The summed E-state index contributed by atoms with van der Waals surface area (Å²) in [5.41, 5.74) is 0.841. The smallest absolute Gasteiger partial charge is 0.410 e. The molecule has 0 fully saturated rings. The molecule has 0 saturated carbocycles. The number of thioether (sulfide) groups is 1. The van der Waals surface area contributed by atoms with Crippen LogP contribution in [-0.4, -0.2) is 19.6 Å². The van der Waals surface area contributed by atoms with Crippen molar-refractivity contribution in [3.8, 4) is 11.6 Å². The van der Waals surface area contributed by atoms with E-state index in [0.29, 0.717) is 21.7 Å². The van der Waals surface area contributed by atoms with Crippen molar-refractivity contribution in [3.63, 3.8) is 0 Å². The maximum atomic E-state index is 12.8. The van der Waals surface area contributed by atoms with Crippen molar-refractivity contribution in [2.75, 3.05) is 0 Å². The fourth-order valence-corrected chi connectivity index (χ4v) is 3.26. The molecule has 0 spiro atoms. The van der Waals surface area contributed by atoms with Crippen LogP contribution >= 0.6 is 23.4 Å². The monoisotopic (exact) mass is 410 g/mol. The zero-order chi connectivity index (χ0) is 19.0. The second kappa shape index (κ2) is 6.90. The fraction of sp³-hybridized carbons (Fsp3) is 0.118. The van der Waals surface area contributed by atoms with Crippen molar-refractivity contribution in [1.29, 1.82) is 0 Å². The van der Waals surface area contributed by atoms with Crippen LogP contribution in [0.3, 0.4) is 0 Å². The number of alkyl halides is 3.